The molecule has 0 saturated carbocycles. The number of benzene rings is 2. The number of hydrazine groups is 1. The first kappa shape index (κ1) is 20.7. The van der Waals surface area contributed by atoms with E-state index in [1.807, 2.05) is 36.4 Å². The SMILES string of the molecule is Clc1ccc(C2CC(C3CCN(Cc4c(Cl)cccc4Cl)CC3)NN2)c(Cl)c1. The molecule has 0 aliphatic carbocycles. The lowest BCUT2D eigenvalue weighted by Gasteiger charge is -2.35. The number of likely N-dealkylation sites (tertiary alicyclic amines) is 1. The van der Waals surface area contributed by atoms with Crippen molar-refractivity contribution in [3.05, 3.63) is 67.6 Å². The summed E-state index contributed by atoms with van der Waals surface area (Å²) in [5.74, 6) is 0.640. The van der Waals surface area contributed by atoms with Gasteiger partial charge in [-0.2, -0.15) is 0 Å². The average molecular weight is 459 g/mol. The molecule has 0 bridgehead atoms. The zero-order valence-corrected chi connectivity index (χ0v) is 18.4. The molecule has 4 rings (SSSR count). The molecule has 2 aromatic rings. The molecule has 0 spiro atoms. The lowest BCUT2D eigenvalue weighted by atomic mass is 9.86. The van der Waals surface area contributed by atoms with Crippen LogP contribution in [-0.2, 0) is 6.54 Å². The summed E-state index contributed by atoms with van der Waals surface area (Å²) in [7, 11) is 0. The van der Waals surface area contributed by atoms with Crippen LogP contribution in [0.25, 0.3) is 0 Å². The van der Waals surface area contributed by atoms with Crippen LogP contribution in [0.3, 0.4) is 0 Å². The number of rotatable bonds is 4. The quantitative estimate of drug-likeness (QED) is 0.577. The molecule has 3 nitrogen and oxygen atoms in total. The van der Waals surface area contributed by atoms with Crippen molar-refractivity contribution in [3.63, 3.8) is 0 Å². The fourth-order valence-corrected chi connectivity index (χ4v) is 5.36. The summed E-state index contributed by atoms with van der Waals surface area (Å²) >= 11 is 25.1. The Morgan fingerprint density at radius 2 is 1.61 bits per heavy atom. The van der Waals surface area contributed by atoms with Gasteiger partial charge in [0.2, 0.25) is 0 Å². The van der Waals surface area contributed by atoms with Gasteiger partial charge in [-0.25, -0.2) is 5.43 Å². The van der Waals surface area contributed by atoms with Crippen molar-refractivity contribution in [2.24, 2.45) is 5.92 Å². The van der Waals surface area contributed by atoms with Gasteiger partial charge >= 0.3 is 0 Å². The fourth-order valence-electron chi connectivity index (χ4n) is 4.30. The molecule has 150 valence electrons. The van der Waals surface area contributed by atoms with E-state index in [2.05, 4.69) is 15.8 Å². The van der Waals surface area contributed by atoms with Gasteiger partial charge in [0.15, 0.2) is 0 Å². The van der Waals surface area contributed by atoms with Gasteiger partial charge in [-0.1, -0.05) is 58.5 Å². The van der Waals surface area contributed by atoms with Crippen molar-refractivity contribution in [1.82, 2.24) is 15.8 Å². The molecule has 7 heteroatoms. The average Bonchev–Trinajstić information content (AvgIpc) is 3.15. The van der Waals surface area contributed by atoms with E-state index in [-0.39, 0.29) is 6.04 Å². The summed E-state index contributed by atoms with van der Waals surface area (Å²) in [6, 6.07) is 12.1. The molecule has 2 aromatic carbocycles. The summed E-state index contributed by atoms with van der Waals surface area (Å²) < 4.78 is 0. The van der Waals surface area contributed by atoms with Gasteiger partial charge < -0.3 is 0 Å². The van der Waals surface area contributed by atoms with Gasteiger partial charge in [-0.05, 0) is 68.1 Å². The Bertz CT molecular complexity index is 816. The minimum atomic E-state index is 0.217. The molecule has 2 aliphatic rings. The zero-order chi connectivity index (χ0) is 19.7. The van der Waals surface area contributed by atoms with Gasteiger partial charge in [0.25, 0.3) is 0 Å². The van der Waals surface area contributed by atoms with Crippen LogP contribution in [0.2, 0.25) is 20.1 Å². The smallest absolute Gasteiger partial charge is 0.0492 e. The number of nitrogens with zero attached hydrogens (tertiary/aromatic N) is 1. The Labute approximate surface area is 186 Å². The van der Waals surface area contributed by atoms with Crippen molar-refractivity contribution in [2.45, 2.75) is 37.9 Å². The molecule has 2 heterocycles. The lowest BCUT2D eigenvalue weighted by molar-refractivity contribution is 0.156. The van der Waals surface area contributed by atoms with Crippen molar-refractivity contribution in [2.75, 3.05) is 13.1 Å². The van der Waals surface area contributed by atoms with E-state index in [1.165, 1.54) is 0 Å². The predicted molar refractivity (Wildman–Crippen MR) is 118 cm³/mol. The maximum atomic E-state index is 6.38. The van der Waals surface area contributed by atoms with Gasteiger partial charge in [0, 0.05) is 44.3 Å². The number of hydrogen-bond donors (Lipinski definition) is 2. The molecule has 2 atom stereocenters. The van der Waals surface area contributed by atoms with Crippen LogP contribution in [-0.4, -0.2) is 24.0 Å². The van der Waals surface area contributed by atoms with E-state index >= 15 is 0 Å². The van der Waals surface area contributed by atoms with Gasteiger partial charge in [-0.3, -0.25) is 10.3 Å². The van der Waals surface area contributed by atoms with Crippen LogP contribution >= 0.6 is 46.4 Å². The Morgan fingerprint density at radius 1 is 0.893 bits per heavy atom. The summed E-state index contributed by atoms with van der Waals surface area (Å²) in [4.78, 5) is 2.44. The van der Waals surface area contributed by atoms with Gasteiger partial charge in [-0.15, -0.1) is 0 Å². The first-order valence-corrected chi connectivity index (χ1v) is 11.1. The third-order valence-electron chi connectivity index (χ3n) is 5.92. The van der Waals surface area contributed by atoms with E-state index in [1.54, 1.807) is 0 Å². The monoisotopic (exact) mass is 457 g/mol. The highest BCUT2D eigenvalue weighted by Crippen LogP contribution is 2.35. The van der Waals surface area contributed by atoms with Crippen LogP contribution in [0.5, 0.6) is 0 Å². The molecular weight excluding hydrogens is 436 g/mol. The molecule has 2 fully saturated rings. The molecule has 2 saturated heterocycles. The van der Waals surface area contributed by atoms with Gasteiger partial charge in [0.1, 0.15) is 0 Å². The second kappa shape index (κ2) is 9.09. The molecule has 0 aromatic heterocycles. The van der Waals surface area contributed by atoms with Crippen molar-refractivity contribution in [1.29, 1.82) is 0 Å². The van der Waals surface area contributed by atoms with E-state index in [0.717, 1.165) is 65.1 Å². The number of hydrogen-bond acceptors (Lipinski definition) is 3. The Morgan fingerprint density at radius 3 is 2.29 bits per heavy atom. The van der Waals surface area contributed by atoms with Crippen LogP contribution in [0.1, 0.15) is 36.4 Å². The largest absolute Gasteiger partial charge is 0.299 e. The molecule has 2 unspecified atom stereocenters. The number of halogens is 4. The fraction of sp³-hybridized carbons (Fsp3) is 0.429. The van der Waals surface area contributed by atoms with Crippen LogP contribution in [0.4, 0.5) is 0 Å². The number of nitrogens with one attached hydrogen (secondary N) is 2. The van der Waals surface area contributed by atoms with Crippen LogP contribution in [0, 0.1) is 5.92 Å². The van der Waals surface area contributed by atoms with Crippen LogP contribution in [0.15, 0.2) is 36.4 Å². The third kappa shape index (κ3) is 4.62. The predicted octanol–water partition coefficient (Wildman–Crippen LogP) is 6.12. The maximum Gasteiger partial charge on any atom is 0.0492 e. The van der Waals surface area contributed by atoms with Crippen molar-refractivity contribution in [3.8, 4) is 0 Å². The molecule has 2 aliphatic heterocycles. The Balaban J connectivity index is 1.32. The van der Waals surface area contributed by atoms with E-state index < -0.39 is 0 Å². The second-order valence-corrected chi connectivity index (χ2v) is 9.32. The topological polar surface area (TPSA) is 27.3 Å². The second-order valence-electron chi connectivity index (χ2n) is 7.66. The Hall–Kier alpha value is -0.520. The summed E-state index contributed by atoms with van der Waals surface area (Å²) in [6.07, 6.45) is 3.34. The summed E-state index contributed by atoms with van der Waals surface area (Å²) in [5.41, 5.74) is 9.05. The molecule has 2 N–H and O–H groups in total. The zero-order valence-electron chi connectivity index (χ0n) is 15.4. The lowest BCUT2D eigenvalue weighted by Crippen LogP contribution is -2.42. The van der Waals surface area contributed by atoms with E-state index in [4.69, 9.17) is 46.4 Å². The minimum absolute atomic E-state index is 0.217. The standard InChI is InChI=1S/C21H23Cl4N3/c22-14-4-5-15(19(25)10-14)21-11-20(26-27-21)13-6-8-28(9-7-13)12-16-17(23)2-1-3-18(16)24/h1-5,10,13,20-21,26-27H,6-9,11-12H2. The van der Waals surface area contributed by atoms with Gasteiger partial charge in [0.05, 0.1) is 0 Å². The first-order valence-electron chi connectivity index (χ1n) is 9.62. The van der Waals surface area contributed by atoms with Crippen molar-refractivity contribution < 1.29 is 0 Å². The van der Waals surface area contributed by atoms with Crippen molar-refractivity contribution >= 4 is 46.4 Å². The first-order chi connectivity index (χ1) is 13.5. The maximum absolute atomic E-state index is 6.38. The molecule has 0 radical (unpaired) electrons. The summed E-state index contributed by atoms with van der Waals surface area (Å²) in [6.45, 7) is 2.91. The number of piperidine rings is 1. The highest BCUT2D eigenvalue weighted by molar-refractivity contribution is 6.36. The summed E-state index contributed by atoms with van der Waals surface area (Å²) in [5, 5.41) is 2.89. The molecule has 28 heavy (non-hydrogen) atoms. The highest BCUT2D eigenvalue weighted by atomic mass is 35.5. The molecule has 0 amide bonds. The van der Waals surface area contributed by atoms with E-state index in [0.29, 0.717) is 17.0 Å². The van der Waals surface area contributed by atoms with Crippen LogP contribution < -0.4 is 10.9 Å². The van der Waals surface area contributed by atoms with E-state index in [9.17, 15) is 0 Å². The minimum Gasteiger partial charge on any atom is -0.299 e. The Kier molecular flexibility index (Phi) is 6.74. The normalized spacial score (nSPS) is 24.0. The highest BCUT2D eigenvalue weighted by Gasteiger charge is 2.34. The molecular formula is C21H23Cl4N3. The third-order valence-corrected chi connectivity index (χ3v) is 7.19.